The summed E-state index contributed by atoms with van der Waals surface area (Å²) in [6.07, 6.45) is 2.94. The Morgan fingerprint density at radius 2 is 1.80 bits per heavy atom. The van der Waals surface area contributed by atoms with Crippen LogP contribution < -0.4 is 4.72 Å². The molecule has 0 saturated heterocycles. The number of esters is 1. The van der Waals surface area contributed by atoms with Crippen LogP contribution in [0.2, 0.25) is 0 Å². The van der Waals surface area contributed by atoms with Gasteiger partial charge in [0.15, 0.2) is 0 Å². The minimum absolute atomic E-state index is 0.263. The van der Waals surface area contributed by atoms with Crippen LogP contribution in [0.3, 0.4) is 0 Å². The van der Waals surface area contributed by atoms with E-state index >= 15 is 0 Å². The van der Waals surface area contributed by atoms with Crippen molar-refractivity contribution in [3.05, 3.63) is 65.2 Å². The molecule has 6 heteroatoms. The number of sulfonamides is 1. The van der Waals surface area contributed by atoms with Crippen molar-refractivity contribution >= 4 is 27.8 Å². The van der Waals surface area contributed by atoms with E-state index in [4.69, 9.17) is 4.74 Å². The van der Waals surface area contributed by atoms with Crippen molar-refractivity contribution in [2.45, 2.75) is 25.7 Å². The van der Waals surface area contributed by atoms with E-state index in [-0.39, 0.29) is 4.90 Å². The zero-order valence-corrected chi connectivity index (χ0v) is 15.3. The van der Waals surface area contributed by atoms with Crippen molar-refractivity contribution < 1.29 is 17.9 Å². The minimum Gasteiger partial charge on any atom is -0.463 e. The van der Waals surface area contributed by atoms with Crippen LogP contribution in [0.5, 0.6) is 0 Å². The maximum absolute atomic E-state index is 12.6. The number of hydrogen-bond donors (Lipinski definition) is 1. The number of aryl methyl sites for hydroxylation is 2. The van der Waals surface area contributed by atoms with Gasteiger partial charge in [0.2, 0.25) is 0 Å². The van der Waals surface area contributed by atoms with Gasteiger partial charge in [0.1, 0.15) is 0 Å². The Morgan fingerprint density at radius 3 is 2.44 bits per heavy atom. The zero-order valence-electron chi connectivity index (χ0n) is 14.4. The fourth-order valence-corrected chi connectivity index (χ4v) is 3.61. The fraction of sp³-hybridized carbons (Fsp3) is 0.211. The monoisotopic (exact) mass is 359 g/mol. The van der Waals surface area contributed by atoms with E-state index in [2.05, 4.69) is 4.72 Å². The molecule has 0 aromatic heterocycles. The minimum atomic E-state index is -3.65. The predicted octanol–water partition coefficient (Wildman–Crippen LogP) is 3.68. The topological polar surface area (TPSA) is 72.5 Å². The van der Waals surface area contributed by atoms with E-state index in [1.54, 1.807) is 56.3 Å². The molecule has 132 valence electrons. The summed E-state index contributed by atoms with van der Waals surface area (Å²) in [6, 6.07) is 12.0. The van der Waals surface area contributed by atoms with Crippen LogP contribution in [0, 0.1) is 13.8 Å². The van der Waals surface area contributed by atoms with Crippen molar-refractivity contribution in [2.75, 3.05) is 11.3 Å². The van der Waals surface area contributed by atoms with Crippen LogP contribution in [0.4, 0.5) is 5.69 Å². The molecule has 1 N–H and O–H groups in total. The SMILES string of the molecule is CCOC(=O)/C=C/c1ccc(NS(=O)(=O)c2cc(C)ccc2C)cc1. The van der Waals surface area contributed by atoms with Gasteiger partial charge in [0.25, 0.3) is 10.0 Å². The number of rotatable bonds is 6. The summed E-state index contributed by atoms with van der Waals surface area (Å²) in [6.45, 7) is 5.67. The van der Waals surface area contributed by atoms with Crippen molar-refractivity contribution in [3.8, 4) is 0 Å². The Bertz CT molecular complexity index is 884. The molecular weight excluding hydrogens is 338 g/mol. The number of nitrogens with one attached hydrogen (secondary N) is 1. The summed E-state index contributed by atoms with van der Waals surface area (Å²) >= 11 is 0. The first-order chi connectivity index (χ1) is 11.8. The van der Waals surface area contributed by atoms with Crippen molar-refractivity contribution in [1.82, 2.24) is 0 Å². The second-order valence-corrected chi connectivity index (χ2v) is 7.23. The molecule has 5 nitrogen and oxygen atoms in total. The summed E-state index contributed by atoms with van der Waals surface area (Å²) < 4.78 is 32.5. The van der Waals surface area contributed by atoms with Crippen LogP contribution in [0.25, 0.3) is 6.08 Å². The van der Waals surface area contributed by atoms with Gasteiger partial charge in [-0.05, 0) is 61.7 Å². The predicted molar refractivity (Wildman–Crippen MR) is 98.8 cm³/mol. The highest BCUT2D eigenvalue weighted by Crippen LogP contribution is 2.21. The zero-order chi connectivity index (χ0) is 18.4. The third kappa shape index (κ3) is 5.19. The van der Waals surface area contributed by atoms with Gasteiger partial charge in [-0.15, -0.1) is 0 Å². The molecular formula is C19H21NO4S. The van der Waals surface area contributed by atoms with Crippen molar-refractivity contribution in [3.63, 3.8) is 0 Å². The average Bonchev–Trinajstić information content (AvgIpc) is 2.56. The van der Waals surface area contributed by atoms with Gasteiger partial charge in [0.05, 0.1) is 11.5 Å². The lowest BCUT2D eigenvalue weighted by molar-refractivity contribution is -0.137. The maximum atomic E-state index is 12.6. The molecule has 0 aliphatic rings. The lowest BCUT2D eigenvalue weighted by Crippen LogP contribution is -2.14. The summed E-state index contributed by atoms with van der Waals surface area (Å²) in [5.74, 6) is -0.415. The van der Waals surface area contributed by atoms with Gasteiger partial charge < -0.3 is 4.74 Å². The molecule has 0 saturated carbocycles. The van der Waals surface area contributed by atoms with E-state index in [0.717, 1.165) is 11.1 Å². The summed E-state index contributed by atoms with van der Waals surface area (Å²) in [5.41, 5.74) is 2.79. The molecule has 25 heavy (non-hydrogen) atoms. The maximum Gasteiger partial charge on any atom is 0.330 e. The fourth-order valence-electron chi connectivity index (χ4n) is 2.22. The Labute approximate surface area is 148 Å². The Morgan fingerprint density at radius 1 is 1.12 bits per heavy atom. The van der Waals surface area contributed by atoms with Crippen LogP contribution in [-0.4, -0.2) is 21.0 Å². The molecule has 0 aliphatic carbocycles. The molecule has 0 fully saturated rings. The number of carbonyl (C=O) groups excluding carboxylic acids is 1. The van der Waals surface area contributed by atoms with Gasteiger partial charge in [-0.2, -0.15) is 0 Å². The average molecular weight is 359 g/mol. The first kappa shape index (κ1) is 18.7. The number of hydrogen-bond acceptors (Lipinski definition) is 4. The van der Waals surface area contributed by atoms with Crippen LogP contribution in [-0.2, 0) is 19.6 Å². The Balaban J connectivity index is 2.15. The Kier molecular flexibility index (Phi) is 5.98. The van der Waals surface area contributed by atoms with Gasteiger partial charge in [-0.25, -0.2) is 13.2 Å². The normalized spacial score (nSPS) is 11.5. The number of anilines is 1. The third-order valence-corrected chi connectivity index (χ3v) is 5.02. The molecule has 0 heterocycles. The molecule has 0 amide bonds. The van der Waals surface area contributed by atoms with E-state index in [1.165, 1.54) is 6.08 Å². The van der Waals surface area contributed by atoms with Crippen LogP contribution >= 0.6 is 0 Å². The molecule has 0 radical (unpaired) electrons. The van der Waals surface area contributed by atoms with E-state index in [0.29, 0.717) is 17.9 Å². The summed E-state index contributed by atoms with van der Waals surface area (Å²) in [7, 11) is -3.65. The molecule has 2 aromatic rings. The highest BCUT2D eigenvalue weighted by atomic mass is 32.2. The van der Waals surface area contributed by atoms with Crippen molar-refractivity contribution in [2.24, 2.45) is 0 Å². The van der Waals surface area contributed by atoms with Crippen LogP contribution in [0.1, 0.15) is 23.6 Å². The molecule has 0 spiro atoms. The second-order valence-electron chi connectivity index (χ2n) is 5.58. The van der Waals surface area contributed by atoms with Gasteiger partial charge in [-0.3, -0.25) is 4.72 Å². The van der Waals surface area contributed by atoms with E-state index < -0.39 is 16.0 Å². The third-order valence-electron chi connectivity index (χ3n) is 3.49. The highest BCUT2D eigenvalue weighted by molar-refractivity contribution is 7.92. The molecule has 0 bridgehead atoms. The van der Waals surface area contributed by atoms with E-state index in [9.17, 15) is 13.2 Å². The molecule has 0 atom stereocenters. The van der Waals surface area contributed by atoms with Crippen molar-refractivity contribution in [1.29, 1.82) is 0 Å². The smallest absolute Gasteiger partial charge is 0.330 e. The highest BCUT2D eigenvalue weighted by Gasteiger charge is 2.16. The first-order valence-electron chi connectivity index (χ1n) is 7.87. The van der Waals surface area contributed by atoms with Gasteiger partial charge in [-0.1, -0.05) is 24.3 Å². The van der Waals surface area contributed by atoms with Crippen LogP contribution in [0.15, 0.2) is 53.4 Å². The standard InChI is InChI=1S/C19H21NO4S/c1-4-24-19(21)12-9-16-7-10-17(11-8-16)20-25(22,23)18-13-14(2)5-6-15(18)3/h5-13,20H,4H2,1-3H3/b12-9+. The summed E-state index contributed by atoms with van der Waals surface area (Å²) in [4.78, 5) is 11.5. The van der Waals surface area contributed by atoms with Gasteiger partial charge >= 0.3 is 5.97 Å². The lowest BCUT2D eigenvalue weighted by Gasteiger charge is -2.11. The molecule has 0 aliphatic heterocycles. The van der Waals surface area contributed by atoms with E-state index in [1.807, 2.05) is 13.0 Å². The summed E-state index contributed by atoms with van der Waals surface area (Å²) in [5, 5.41) is 0. The molecule has 0 unspecified atom stereocenters. The lowest BCUT2D eigenvalue weighted by atomic mass is 10.2. The number of carbonyl (C=O) groups is 1. The largest absolute Gasteiger partial charge is 0.463 e. The molecule has 2 aromatic carbocycles. The number of benzene rings is 2. The van der Waals surface area contributed by atoms with Gasteiger partial charge in [0, 0.05) is 11.8 Å². The molecule has 2 rings (SSSR count). The number of ether oxygens (including phenoxy) is 1. The first-order valence-corrected chi connectivity index (χ1v) is 9.35. The quantitative estimate of drug-likeness (QED) is 0.631. The second kappa shape index (κ2) is 7.98. The Hall–Kier alpha value is -2.60.